The molecular weight excluding hydrogens is 376 g/mol. The minimum atomic E-state index is -1.06. The van der Waals surface area contributed by atoms with Crippen LogP contribution in [0.5, 0.6) is 0 Å². The fourth-order valence-corrected chi connectivity index (χ4v) is 4.03. The summed E-state index contributed by atoms with van der Waals surface area (Å²) in [7, 11) is 3.47. The summed E-state index contributed by atoms with van der Waals surface area (Å²) in [6, 6.07) is 16.7. The Balaban J connectivity index is 1.87. The van der Waals surface area contributed by atoms with Gasteiger partial charge in [0.15, 0.2) is 5.60 Å². The van der Waals surface area contributed by atoms with Gasteiger partial charge in [-0.1, -0.05) is 67.9 Å². The fraction of sp³-hybridized carbons (Fsp3) is 0.440. The van der Waals surface area contributed by atoms with Gasteiger partial charge in [0, 0.05) is 33.0 Å². The SMILES string of the molecule is Cc1cccc(-c2ccc(C[C@@]3(C(=O)N(C)C)CN(C(=O)C(C)C)CCO3)cc2)c1. The first-order valence-corrected chi connectivity index (χ1v) is 10.5. The molecule has 0 radical (unpaired) electrons. The van der Waals surface area contributed by atoms with Crippen LogP contribution >= 0.6 is 0 Å². The summed E-state index contributed by atoms with van der Waals surface area (Å²) >= 11 is 0. The van der Waals surface area contributed by atoms with E-state index >= 15 is 0 Å². The molecule has 5 heteroatoms. The van der Waals surface area contributed by atoms with E-state index in [-0.39, 0.29) is 24.3 Å². The van der Waals surface area contributed by atoms with Crippen molar-refractivity contribution in [2.45, 2.75) is 32.8 Å². The first-order valence-electron chi connectivity index (χ1n) is 10.5. The number of benzene rings is 2. The molecule has 1 aliphatic heterocycles. The number of morpholine rings is 1. The van der Waals surface area contributed by atoms with Crippen molar-refractivity contribution in [3.63, 3.8) is 0 Å². The zero-order valence-electron chi connectivity index (χ0n) is 18.6. The Morgan fingerprint density at radius 1 is 1.10 bits per heavy atom. The molecule has 5 nitrogen and oxygen atoms in total. The molecule has 1 aliphatic rings. The maximum Gasteiger partial charge on any atom is 0.256 e. The summed E-state index contributed by atoms with van der Waals surface area (Å²) in [5.74, 6) is -0.153. The maximum absolute atomic E-state index is 13.2. The monoisotopic (exact) mass is 408 g/mol. The molecule has 2 amide bonds. The normalized spacial score (nSPS) is 19.1. The van der Waals surface area contributed by atoms with Crippen LogP contribution in [0.4, 0.5) is 0 Å². The Morgan fingerprint density at radius 2 is 1.80 bits per heavy atom. The van der Waals surface area contributed by atoms with Crippen molar-refractivity contribution in [2.24, 2.45) is 5.92 Å². The smallest absolute Gasteiger partial charge is 0.256 e. The van der Waals surface area contributed by atoms with Gasteiger partial charge in [-0.25, -0.2) is 0 Å². The van der Waals surface area contributed by atoms with Gasteiger partial charge in [-0.05, 0) is 23.6 Å². The van der Waals surface area contributed by atoms with Crippen LogP contribution in [0.2, 0.25) is 0 Å². The molecule has 0 bridgehead atoms. The summed E-state index contributed by atoms with van der Waals surface area (Å²) in [6.45, 7) is 7.01. The lowest BCUT2D eigenvalue weighted by atomic mass is 9.89. The number of ether oxygens (including phenoxy) is 1. The van der Waals surface area contributed by atoms with E-state index in [4.69, 9.17) is 4.74 Å². The van der Waals surface area contributed by atoms with Crippen LogP contribution in [0.3, 0.4) is 0 Å². The Kier molecular flexibility index (Phi) is 6.61. The van der Waals surface area contributed by atoms with Crippen LogP contribution < -0.4 is 0 Å². The predicted molar refractivity (Wildman–Crippen MR) is 119 cm³/mol. The molecular formula is C25H32N2O3. The number of carbonyl (C=O) groups excluding carboxylic acids is 2. The Hall–Kier alpha value is -2.66. The molecule has 0 aromatic heterocycles. The third-order valence-electron chi connectivity index (χ3n) is 5.58. The molecule has 1 fully saturated rings. The van der Waals surface area contributed by atoms with Crippen LogP contribution in [0.1, 0.15) is 25.0 Å². The lowest BCUT2D eigenvalue weighted by Gasteiger charge is -2.43. The van der Waals surface area contributed by atoms with Gasteiger partial charge in [-0.2, -0.15) is 0 Å². The highest BCUT2D eigenvalue weighted by Crippen LogP contribution is 2.28. The zero-order valence-corrected chi connectivity index (χ0v) is 18.6. The second kappa shape index (κ2) is 9.00. The molecule has 1 heterocycles. The van der Waals surface area contributed by atoms with Crippen molar-refractivity contribution in [1.29, 1.82) is 0 Å². The first-order chi connectivity index (χ1) is 14.2. The van der Waals surface area contributed by atoms with E-state index in [2.05, 4.69) is 55.5 Å². The summed E-state index contributed by atoms with van der Waals surface area (Å²) in [6.07, 6.45) is 0.431. The highest BCUT2D eigenvalue weighted by Gasteiger charge is 2.46. The fourth-order valence-electron chi connectivity index (χ4n) is 4.03. The molecule has 30 heavy (non-hydrogen) atoms. The second-order valence-corrected chi connectivity index (χ2v) is 8.70. The van der Waals surface area contributed by atoms with Crippen LogP contribution in [-0.4, -0.2) is 61.0 Å². The van der Waals surface area contributed by atoms with Gasteiger partial charge in [0.05, 0.1) is 13.2 Å². The quantitative estimate of drug-likeness (QED) is 0.760. The molecule has 0 aliphatic carbocycles. The van der Waals surface area contributed by atoms with E-state index in [1.54, 1.807) is 23.9 Å². The number of likely N-dealkylation sites (N-methyl/N-ethyl adjacent to an activating group) is 1. The van der Waals surface area contributed by atoms with Gasteiger partial charge < -0.3 is 14.5 Å². The molecule has 2 aromatic carbocycles. The molecule has 2 aromatic rings. The van der Waals surface area contributed by atoms with Gasteiger partial charge in [-0.3, -0.25) is 9.59 Å². The first kappa shape index (κ1) is 22.0. The van der Waals surface area contributed by atoms with Crippen molar-refractivity contribution in [1.82, 2.24) is 9.80 Å². The van der Waals surface area contributed by atoms with Crippen LogP contribution in [-0.2, 0) is 20.7 Å². The van der Waals surface area contributed by atoms with E-state index in [9.17, 15) is 9.59 Å². The Labute approximate surface area is 179 Å². The minimum Gasteiger partial charge on any atom is -0.361 e. The average Bonchev–Trinajstić information content (AvgIpc) is 2.73. The number of nitrogens with zero attached hydrogens (tertiary/aromatic N) is 2. The molecule has 1 atom stereocenters. The van der Waals surface area contributed by atoms with Gasteiger partial charge in [0.2, 0.25) is 5.91 Å². The highest BCUT2D eigenvalue weighted by atomic mass is 16.5. The molecule has 0 saturated carbocycles. The van der Waals surface area contributed by atoms with E-state index in [0.717, 1.165) is 11.1 Å². The Morgan fingerprint density at radius 3 is 2.40 bits per heavy atom. The summed E-state index contributed by atoms with van der Waals surface area (Å²) in [5, 5.41) is 0. The molecule has 160 valence electrons. The highest BCUT2D eigenvalue weighted by molar-refractivity contribution is 5.87. The standard InChI is InChI=1S/C25H32N2O3/c1-18(2)23(28)27-13-14-30-25(17-27,24(29)26(4)5)16-20-9-11-21(12-10-20)22-8-6-7-19(3)15-22/h6-12,15,18H,13-14,16-17H2,1-5H3/t25-/m0/s1. The van der Waals surface area contributed by atoms with E-state index in [1.807, 2.05) is 13.8 Å². The summed E-state index contributed by atoms with van der Waals surface area (Å²) in [5.41, 5.74) is 3.48. The average molecular weight is 409 g/mol. The molecule has 3 rings (SSSR count). The summed E-state index contributed by atoms with van der Waals surface area (Å²) in [4.78, 5) is 29.1. The van der Waals surface area contributed by atoms with E-state index in [0.29, 0.717) is 19.6 Å². The molecule has 0 spiro atoms. The van der Waals surface area contributed by atoms with Crippen LogP contribution in [0.15, 0.2) is 48.5 Å². The van der Waals surface area contributed by atoms with Crippen molar-refractivity contribution < 1.29 is 14.3 Å². The number of hydrogen-bond donors (Lipinski definition) is 0. The summed E-state index contributed by atoms with van der Waals surface area (Å²) < 4.78 is 6.10. The molecule has 0 N–H and O–H groups in total. The third-order valence-corrected chi connectivity index (χ3v) is 5.58. The zero-order chi connectivity index (χ0) is 21.9. The third kappa shape index (κ3) is 4.73. The van der Waals surface area contributed by atoms with Crippen LogP contribution in [0.25, 0.3) is 11.1 Å². The largest absolute Gasteiger partial charge is 0.361 e. The number of aryl methyl sites for hydroxylation is 1. The minimum absolute atomic E-state index is 0.0593. The second-order valence-electron chi connectivity index (χ2n) is 8.70. The van der Waals surface area contributed by atoms with E-state index < -0.39 is 5.60 Å². The van der Waals surface area contributed by atoms with Gasteiger partial charge in [0.25, 0.3) is 5.91 Å². The lowest BCUT2D eigenvalue weighted by Crippen LogP contribution is -2.62. The number of amides is 2. The number of carbonyl (C=O) groups is 2. The van der Waals surface area contributed by atoms with Crippen molar-refractivity contribution >= 4 is 11.8 Å². The molecule has 0 unspecified atom stereocenters. The van der Waals surface area contributed by atoms with Gasteiger partial charge in [0.1, 0.15) is 0 Å². The van der Waals surface area contributed by atoms with E-state index in [1.165, 1.54) is 11.1 Å². The van der Waals surface area contributed by atoms with Crippen molar-refractivity contribution in [3.05, 3.63) is 59.7 Å². The Bertz CT molecular complexity index is 905. The lowest BCUT2D eigenvalue weighted by molar-refractivity contribution is -0.173. The topological polar surface area (TPSA) is 49.9 Å². The van der Waals surface area contributed by atoms with Crippen molar-refractivity contribution in [3.8, 4) is 11.1 Å². The predicted octanol–water partition coefficient (Wildman–Crippen LogP) is 3.55. The molecule has 1 saturated heterocycles. The van der Waals surface area contributed by atoms with Gasteiger partial charge in [-0.15, -0.1) is 0 Å². The maximum atomic E-state index is 13.2. The number of rotatable bonds is 5. The van der Waals surface area contributed by atoms with Gasteiger partial charge >= 0.3 is 0 Å². The number of hydrogen-bond acceptors (Lipinski definition) is 3. The van der Waals surface area contributed by atoms with Crippen LogP contribution in [0, 0.1) is 12.8 Å². The van der Waals surface area contributed by atoms with Crippen molar-refractivity contribution in [2.75, 3.05) is 33.8 Å².